The molecular weight excluding hydrogens is 430 g/mol. The van der Waals surface area contributed by atoms with Gasteiger partial charge in [0, 0.05) is 38.9 Å². The number of fused-ring (bicyclic) bond motifs is 1. The van der Waals surface area contributed by atoms with Gasteiger partial charge in [0.05, 0.1) is 10.1 Å². The van der Waals surface area contributed by atoms with Gasteiger partial charge in [-0.25, -0.2) is 9.97 Å². The lowest BCUT2D eigenvalue weighted by molar-refractivity contribution is 0.270. The zero-order valence-electron chi connectivity index (χ0n) is 15.0. The van der Waals surface area contributed by atoms with E-state index in [-0.39, 0.29) is 5.28 Å². The number of rotatable bonds is 5. The predicted octanol–water partition coefficient (Wildman–Crippen LogP) is 3.52. The van der Waals surface area contributed by atoms with Gasteiger partial charge in [0.25, 0.3) is 0 Å². The minimum absolute atomic E-state index is 0.223. The Labute approximate surface area is 171 Å². The molecule has 0 aliphatic carbocycles. The molecule has 9 heteroatoms. The highest BCUT2D eigenvalue weighted by Gasteiger charge is 2.17. The quantitative estimate of drug-likeness (QED) is 0.580. The number of nitrogens with one attached hydrogen (secondary N) is 2. The van der Waals surface area contributed by atoms with Crippen molar-refractivity contribution in [2.75, 3.05) is 42.9 Å². The minimum Gasteiger partial charge on any atom is -0.364 e. The Kier molecular flexibility index (Phi) is 5.47. The summed E-state index contributed by atoms with van der Waals surface area (Å²) < 4.78 is 0.842. The van der Waals surface area contributed by atoms with E-state index in [4.69, 9.17) is 11.6 Å². The number of anilines is 2. The van der Waals surface area contributed by atoms with Crippen molar-refractivity contribution in [2.24, 2.45) is 0 Å². The van der Waals surface area contributed by atoms with Crippen LogP contribution >= 0.6 is 27.5 Å². The molecule has 3 aromatic heterocycles. The fraction of sp³-hybridized carbons (Fsp3) is 0.389. The van der Waals surface area contributed by atoms with Crippen LogP contribution in [0.25, 0.3) is 11.0 Å². The summed E-state index contributed by atoms with van der Waals surface area (Å²) in [5.74, 6) is 1.71. The first-order valence-electron chi connectivity index (χ1n) is 9.00. The van der Waals surface area contributed by atoms with Gasteiger partial charge in [-0.2, -0.15) is 4.98 Å². The molecule has 0 unspecified atom stereocenters. The highest BCUT2D eigenvalue weighted by molar-refractivity contribution is 9.10. The van der Waals surface area contributed by atoms with Gasteiger partial charge in [-0.1, -0.05) is 6.92 Å². The normalized spacial score (nSPS) is 15.4. The molecule has 0 saturated carbocycles. The largest absolute Gasteiger partial charge is 0.364 e. The van der Waals surface area contributed by atoms with Gasteiger partial charge in [0.2, 0.25) is 5.28 Å². The lowest BCUT2D eigenvalue weighted by atomic mass is 10.2. The van der Waals surface area contributed by atoms with Crippen LogP contribution in [-0.4, -0.2) is 57.6 Å². The molecule has 27 heavy (non-hydrogen) atoms. The van der Waals surface area contributed by atoms with E-state index in [1.54, 1.807) is 0 Å². The minimum atomic E-state index is 0.223. The highest BCUT2D eigenvalue weighted by Crippen LogP contribution is 2.25. The van der Waals surface area contributed by atoms with Gasteiger partial charge in [0.1, 0.15) is 11.3 Å². The lowest BCUT2D eigenvalue weighted by Gasteiger charge is -2.34. The van der Waals surface area contributed by atoms with Crippen molar-refractivity contribution in [1.29, 1.82) is 0 Å². The van der Waals surface area contributed by atoms with Gasteiger partial charge in [-0.15, -0.1) is 0 Å². The molecule has 4 rings (SSSR count). The summed E-state index contributed by atoms with van der Waals surface area (Å²) in [6.45, 7) is 8.13. The van der Waals surface area contributed by atoms with Crippen LogP contribution in [0.4, 0.5) is 11.6 Å². The molecule has 0 atom stereocenters. The predicted molar refractivity (Wildman–Crippen MR) is 112 cm³/mol. The molecule has 2 N–H and O–H groups in total. The highest BCUT2D eigenvalue weighted by atomic mass is 79.9. The summed E-state index contributed by atoms with van der Waals surface area (Å²) in [5, 5.41) is 3.59. The van der Waals surface area contributed by atoms with E-state index in [2.05, 4.69) is 64.0 Å². The number of likely N-dealkylation sites (N-methyl/N-ethyl adjacent to an activating group) is 1. The van der Waals surface area contributed by atoms with E-state index in [0.29, 0.717) is 12.4 Å². The molecule has 1 fully saturated rings. The number of aromatic amines is 1. The zero-order valence-corrected chi connectivity index (χ0v) is 17.4. The van der Waals surface area contributed by atoms with E-state index in [1.807, 2.05) is 18.3 Å². The molecule has 0 amide bonds. The van der Waals surface area contributed by atoms with E-state index < -0.39 is 0 Å². The molecule has 142 valence electrons. The van der Waals surface area contributed by atoms with Crippen molar-refractivity contribution in [3.63, 3.8) is 0 Å². The molecule has 7 nitrogen and oxygen atoms in total. The summed E-state index contributed by atoms with van der Waals surface area (Å²) in [7, 11) is 0. The average Bonchev–Trinajstić information content (AvgIpc) is 3.06. The Morgan fingerprint density at radius 2 is 2.04 bits per heavy atom. The number of pyridine rings is 1. The zero-order chi connectivity index (χ0) is 18.8. The number of piperazine rings is 1. The molecular formula is C18H21BrClN7. The third-order valence-electron chi connectivity index (χ3n) is 4.83. The summed E-state index contributed by atoms with van der Waals surface area (Å²) >= 11 is 9.48. The van der Waals surface area contributed by atoms with Gasteiger partial charge < -0.3 is 20.1 Å². The number of halogens is 2. The van der Waals surface area contributed by atoms with Crippen molar-refractivity contribution < 1.29 is 0 Å². The number of hydrogen-bond acceptors (Lipinski definition) is 6. The topological polar surface area (TPSA) is 73.0 Å². The van der Waals surface area contributed by atoms with Crippen LogP contribution in [0, 0.1) is 0 Å². The third-order valence-corrected chi connectivity index (χ3v) is 5.43. The first kappa shape index (κ1) is 18.5. The first-order valence-corrected chi connectivity index (χ1v) is 10.2. The van der Waals surface area contributed by atoms with Crippen molar-refractivity contribution in [1.82, 2.24) is 24.8 Å². The molecule has 1 saturated heterocycles. The third kappa shape index (κ3) is 4.17. The molecule has 1 aliphatic heterocycles. The van der Waals surface area contributed by atoms with Gasteiger partial charge in [0.15, 0.2) is 5.82 Å². The smallest absolute Gasteiger partial charge is 0.225 e. The Balaban J connectivity index is 1.48. The van der Waals surface area contributed by atoms with Crippen molar-refractivity contribution >= 4 is 50.2 Å². The van der Waals surface area contributed by atoms with Crippen molar-refractivity contribution in [2.45, 2.75) is 13.5 Å². The summed E-state index contributed by atoms with van der Waals surface area (Å²) in [6.07, 6.45) is 1.87. The Bertz CT molecular complexity index is 937. The number of H-pyrrole nitrogens is 1. The second-order valence-corrected chi connectivity index (χ2v) is 7.71. The number of hydrogen-bond donors (Lipinski definition) is 2. The van der Waals surface area contributed by atoms with Crippen LogP contribution in [0.3, 0.4) is 0 Å². The molecule has 0 spiro atoms. The molecule has 0 radical (unpaired) electrons. The Morgan fingerprint density at radius 1 is 1.22 bits per heavy atom. The second-order valence-electron chi connectivity index (χ2n) is 6.52. The van der Waals surface area contributed by atoms with E-state index >= 15 is 0 Å². The number of aromatic nitrogens is 4. The van der Waals surface area contributed by atoms with Crippen LogP contribution < -0.4 is 10.2 Å². The molecule has 0 bridgehead atoms. The van der Waals surface area contributed by atoms with E-state index in [9.17, 15) is 0 Å². The van der Waals surface area contributed by atoms with Crippen molar-refractivity contribution in [3.8, 4) is 0 Å². The van der Waals surface area contributed by atoms with E-state index in [1.165, 1.54) is 0 Å². The fourth-order valence-corrected chi connectivity index (χ4v) is 3.89. The van der Waals surface area contributed by atoms with Crippen molar-refractivity contribution in [3.05, 3.63) is 39.8 Å². The Morgan fingerprint density at radius 3 is 2.81 bits per heavy atom. The maximum absolute atomic E-state index is 6.05. The van der Waals surface area contributed by atoms with Crippen LogP contribution in [0.2, 0.25) is 5.28 Å². The first-order chi connectivity index (χ1) is 13.1. The van der Waals surface area contributed by atoms with Gasteiger partial charge >= 0.3 is 0 Å². The van der Waals surface area contributed by atoms with Crippen LogP contribution in [0.15, 0.2) is 29.0 Å². The standard InChI is InChI=1S/C18H21BrClN7/c1-2-26-5-7-27(8-6-26)15-9-12(3-4-21-15)11-22-17-16-13(10-14(19)24-16)23-18(20)25-17/h3-4,9-10,24H,2,5-8,11H2,1H3,(H,22,23,25). The van der Waals surface area contributed by atoms with Crippen LogP contribution in [-0.2, 0) is 6.54 Å². The molecule has 3 aromatic rings. The number of nitrogens with zero attached hydrogens (tertiary/aromatic N) is 5. The summed E-state index contributed by atoms with van der Waals surface area (Å²) in [4.78, 5) is 21.1. The average molecular weight is 451 g/mol. The summed E-state index contributed by atoms with van der Waals surface area (Å²) in [5.41, 5.74) is 2.75. The Hall–Kier alpha value is -1.90. The lowest BCUT2D eigenvalue weighted by Crippen LogP contribution is -2.46. The molecule has 0 aromatic carbocycles. The van der Waals surface area contributed by atoms with Crippen LogP contribution in [0.1, 0.15) is 12.5 Å². The van der Waals surface area contributed by atoms with Gasteiger partial charge in [-0.3, -0.25) is 0 Å². The SMILES string of the molecule is CCN1CCN(c2cc(CNc3nc(Cl)nc4cc(Br)[nH]c34)ccn2)CC1. The molecule has 4 heterocycles. The maximum atomic E-state index is 6.05. The maximum Gasteiger partial charge on any atom is 0.225 e. The molecule has 1 aliphatic rings. The second kappa shape index (κ2) is 8.00. The summed E-state index contributed by atoms with van der Waals surface area (Å²) in [6, 6.07) is 6.04. The van der Waals surface area contributed by atoms with E-state index in [0.717, 1.165) is 59.7 Å². The monoisotopic (exact) mass is 449 g/mol. The van der Waals surface area contributed by atoms with Gasteiger partial charge in [-0.05, 0) is 57.8 Å². The van der Waals surface area contributed by atoms with Crippen LogP contribution in [0.5, 0.6) is 0 Å². The fourth-order valence-electron chi connectivity index (χ4n) is 3.30.